The monoisotopic (exact) mass is 407 g/mol. The summed E-state index contributed by atoms with van der Waals surface area (Å²) in [5, 5.41) is 8.31. The molecule has 8 heteroatoms. The molecule has 27 heavy (non-hydrogen) atoms. The van der Waals surface area contributed by atoms with Gasteiger partial charge in [-0.2, -0.15) is 0 Å². The highest BCUT2D eigenvalue weighted by Crippen LogP contribution is 2.20. The molecule has 142 valence electrons. The Labute approximate surface area is 167 Å². The smallest absolute Gasteiger partial charge is 0.253 e. The zero-order valence-electron chi connectivity index (χ0n) is 14.6. The third-order valence-corrected chi connectivity index (χ3v) is 4.21. The molecule has 0 saturated heterocycles. The normalized spacial score (nSPS) is 11.4. The van der Waals surface area contributed by atoms with E-state index in [0.29, 0.717) is 11.6 Å². The first-order chi connectivity index (χ1) is 12.9. The number of nitrogens with one attached hydrogen (secondary N) is 3. The second kappa shape index (κ2) is 9.94. The fraction of sp³-hybridized carbons (Fsp3) is 0.211. The van der Waals surface area contributed by atoms with Gasteiger partial charge in [-0.15, -0.1) is 0 Å². The van der Waals surface area contributed by atoms with Gasteiger partial charge in [-0.1, -0.05) is 53.5 Å². The van der Waals surface area contributed by atoms with Crippen molar-refractivity contribution in [3.63, 3.8) is 0 Å². The zero-order valence-corrected chi connectivity index (χ0v) is 16.1. The summed E-state index contributed by atoms with van der Waals surface area (Å²) in [6, 6.07) is 13.1. The van der Waals surface area contributed by atoms with E-state index >= 15 is 0 Å². The molecule has 0 radical (unpaired) electrons. The van der Waals surface area contributed by atoms with Crippen molar-refractivity contribution in [2.45, 2.75) is 19.5 Å². The average molecular weight is 408 g/mol. The highest BCUT2D eigenvalue weighted by atomic mass is 35.5. The number of carbonyl (C=O) groups is 3. The lowest BCUT2D eigenvalue weighted by molar-refractivity contribution is -0.128. The summed E-state index contributed by atoms with van der Waals surface area (Å²) >= 11 is 11.7. The van der Waals surface area contributed by atoms with Gasteiger partial charge in [-0.05, 0) is 30.7 Å². The first kappa shape index (κ1) is 20.7. The highest BCUT2D eigenvalue weighted by molar-refractivity contribution is 6.36. The lowest BCUT2D eigenvalue weighted by Gasteiger charge is -2.14. The van der Waals surface area contributed by atoms with E-state index in [4.69, 9.17) is 23.2 Å². The number of halogens is 2. The van der Waals surface area contributed by atoms with Gasteiger partial charge in [0.2, 0.25) is 11.8 Å². The minimum absolute atomic E-state index is 0.189. The van der Waals surface area contributed by atoms with Gasteiger partial charge in [0, 0.05) is 11.6 Å². The molecular formula is C19H19Cl2N3O3. The third-order valence-electron chi connectivity index (χ3n) is 3.67. The standard InChI is InChI=1S/C19H19Cl2N3O3/c1-12(18(26)22-10-13-5-3-2-4-6-13)24-17(25)11-23-19(27)15-8-7-14(20)9-16(15)21/h2-9,12H,10-11H2,1H3,(H,22,26)(H,23,27)(H,24,25). The number of rotatable bonds is 7. The first-order valence-corrected chi connectivity index (χ1v) is 8.96. The molecule has 0 aliphatic carbocycles. The lowest BCUT2D eigenvalue weighted by Crippen LogP contribution is -2.47. The van der Waals surface area contributed by atoms with Gasteiger partial charge in [0.1, 0.15) is 6.04 Å². The minimum Gasteiger partial charge on any atom is -0.350 e. The molecule has 2 aromatic carbocycles. The molecule has 2 aromatic rings. The van der Waals surface area contributed by atoms with Crippen molar-refractivity contribution < 1.29 is 14.4 Å². The molecule has 3 N–H and O–H groups in total. The lowest BCUT2D eigenvalue weighted by atomic mass is 10.2. The molecule has 0 aliphatic heterocycles. The van der Waals surface area contributed by atoms with Crippen LogP contribution in [-0.4, -0.2) is 30.3 Å². The van der Waals surface area contributed by atoms with E-state index in [-0.39, 0.29) is 23.0 Å². The Hall–Kier alpha value is -2.57. The van der Waals surface area contributed by atoms with E-state index in [1.54, 1.807) is 6.92 Å². The molecule has 0 bridgehead atoms. The van der Waals surface area contributed by atoms with E-state index in [9.17, 15) is 14.4 Å². The van der Waals surface area contributed by atoms with Crippen LogP contribution in [-0.2, 0) is 16.1 Å². The second-order valence-electron chi connectivity index (χ2n) is 5.80. The summed E-state index contributed by atoms with van der Waals surface area (Å²) in [6.07, 6.45) is 0. The summed E-state index contributed by atoms with van der Waals surface area (Å²) in [5.74, 6) is -1.32. The maximum atomic E-state index is 12.1. The van der Waals surface area contributed by atoms with Crippen LogP contribution in [0.4, 0.5) is 0 Å². The summed E-state index contributed by atoms with van der Waals surface area (Å²) in [6.45, 7) is 1.65. The largest absolute Gasteiger partial charge is 0.350 e. The topological polar surface area (TPSA) is 87.3 Å². The van der Waals surface area contributed by atoms with Crippen LogP contribution >= 0.6 is 23.2 Å². The summed E-state index contributed by atoms with van der Waals surface area (Å²) < 4.78 is 0. The molecule has 0 fully saturated rings. The molecule has 0 heterocycles. The van der Waals surface area contributed by atoms with Gasteiger partial charge in [0.05, 0.1) is 17.1 Å². The molecule has 6 nitrogen and oxygen atoms in total. The summed E-state index contributed by atoms with van der Waals surface area (Å²) in [5.41, 5.74) is 1.17. The van der Waals surface area contributed by atoms with Gasteiger partial charge in [0.15, 0.2) is 0 Å². The van der Waals surface area contributed by atoms with Crippen molar-refractivity contribution in [2.75, 3.05) is 6.54 Å². The Morgan fingerprint density at radius 2 is 1.70 bits per heavy atom. The van der Waals surface area contributed by atoms with E-state index in [0.717, 1.165) is 5.56 Å². The van der Waals surface area contributed by atoms with E-state index in [1.165, 1.54) is 18.2 Å². The fourth-order valence-electron chi connectivity index (χ4n) is 2.23. The first-order valence-electron chi connectivity index (χ1n) is 8.21. The van der Waals surface area contributed by atoms with Crippen LogP contribution in [0, 0.1) is 0 Å². The number of amides is 3. The van der Waals surface area contributed by atoms with E-state index < -0.39 is 17.9 Å². The zero-order chi connectivity index (χ0) is 19.8. The van der Waals surface area contributed by atoms with Crippen molar-refractivity contribution in [3.8, 4) is 0 Å². The van der Waals surface area contributed by atoms with Gasteiger partial charge in [-0.3, -0.25) is 14.4 Å². The van der Waals surface area contributed by atoms with Crippen LogP contribution in [0.1, 0.15) is 22.8 Å². The quantitative estimate of drug-likeness (QED) is 0.658. The molecule has 1 atom stereocenters. The Balaban J connectivity index is 1.77. The molecule has 0 aromatic heterocycles. The van der Waals surface area contributed by atoms with Crippen molar-refractivity contribution in [1.29, 1.82) is 0 Å². The Bertz CT molecular complexity index is 828. The Kier molecular flexibility index (Phi) is 7.64. The van der Waals surface area contributed by atoms with Gasteiger partial charge < -0.3 is 16.0 Å². The maximum Gasteiger partial charge on any atom is 0.253 e. The van der Waals surface area contributed by atoms with Crippen LogP contribution in [0.15, 0.2) is 48.5 Å². The molecule has 0 saturated carbocycles. The summed E-state index contributed by atoms with van der Waals surface area (Å²) in [4.78, 5) is 36.1. The maximum absolute atomic E-state index is 12.1. The number of hydrogen-bond acceptors (Lipinski definition) is 3. The molecule has 3 amide bonds. The van der Waals surface area contributed by atoms with Gasteiger partial charge >= 0.3 is 0 Å². The van der Waals surface area contributed by atoms with Gasteiger partial charge in [0.25, 0.3) is 5.91 Å². The SMILES string of the molecule is CC(NC(=O)CNC(=O)c1ccc(Cl)cc1Cl)C(=O)NCc1ccccc1. The van der Waals surface area contributed by atoms with Crippen molar-refractivity contribution in [2.24, 2.45) is 0 Å². The van der Waals surface area contributed by atoms with Crippen molar-refractivity contribution in [3.05, 3.63) is 69.7 Å². The second-order valence-corrected chi connectivity index (χ2v) is 6.64. The third kappa shape index (κ3) is 6.58. The number of benzene rings is 2. The highest BCUT2D eigenvalue weighted by Gasteiger charge is 2.17. The van der Waals surface area contributed by atoms with Crippen LogP contribution in [0.2, 0.25) is 10.0 Å². The molecular weight excluding hydrogens is 389 g/mol. The van der Waals surface area contributed by atoms with E-state index in [2.05, 4.69) is 16.0 Å². The van der Waals surface area contributed by atoms with Crippen molar-refractivity contribution >= 4 is 40.9 Å². The average Bonchev–Trinajstić information content (AvgIpc) is 2.65. The predicted molar refractivity (Wildman–Crippen MR) is 105 cm³/mol. The molecule has 2 rings (SSSR count). The Morgan fingerprint density at radius 3 is 2.37 bits per heavy atom. The molecule has 0 aliphatic rings. The van der Waals surface area contributed by atoms with E-state index in [1.807, 2.05) is 30.3 Å². The number of hydrogen-bond donors (Lipinski definition) is 3. The summed E-state index contributed by atoms with van der Waals surface area (Å²) in [7, 11) is 0. The predicted octanol–water partition coefficient (Wildman–Crippen LogP) is 2.54. The molecule has 0 spiro atoms. The fourth-order valence-corrected chi connectivity index (χ4v) is 2.72. The van der Waals surface area contributed by atoms with Crippen LogP contribution < -0.4 is 16.0 Å². The van der Waals surface area contributed by atoms with Crippen LogP contribution in [0.25, 0.3) is 0 Å². The number of carbonyl (C=O) groups excluding carboxylic acids is 3. The van der Waals surface area contributed by atoms with Crippen LogP contribution in [0.3, 0.4) is 0 Å². The van der Waals surface area contributed by atoms with Crippen LogP contribution in [0.5, 0.6) is 0 Å². The molecule has 1 unspecified atom stereocenters. The van der Waals surface area contributed by atoms with Crippen molar-refractivity contribution in [1.82, 2.24) is 16.0 Å². The van der Waals surface area contributed by atoms with Gasteiger partial charge in [-0.25, -0.2) is 0 Å². The Morgan fingerprint density at radius 1 is 1.00 bits per heavy atom. The minimum atomic E-state index is -0.739.